The Morgan fingerprint density at radius 3 is 3.00 bits per heavy atom. The van der Waals surface area contributed by atoms with Crippen LogP contribution in [0.3, 0.4) is 0 Å². The van der Waals surface area contributed by atoms with Gasteiger partial charge in [-0.15, -0.1) is 0 Å². The minimum absolute atomic E-state index is 0.0590. The fraction of sp³-hybridized carbons (Fsp3) is 0.286. The van der Waals surface area contributed by atoms with Crippen LogP contribution in [0.25, 0.3) is 0 Å². The summed E-state index contributed by atoms with van der Waals surface area (Å²) in [7, 11) is 0. The lowest BCUT2D eigenvalue weighted by atomic mass is 10.1. The summed E-state index contributed by atoms with van der Waals surface area (Å²) in [5.74, 6) is -0.0590. The van der Waals surface area contributed by atoms with Crippen LogP contribution in [0.4, 0.5) is 0 Å². The third-order valence-electron chi connectivity index (χ3n) is 1.22. The van der Waals surface area contributed by atoms with Crippen LogP contribution in [-0.4, -0.2) is 6.29 Å². The Hall–Kier alpha value is -0.630. The minimum atomic E-state index is -0.0590. The monoisotopic (exact) mass is 139 g/mol. The zero-order chi connectivity index (χ0) is 6.69. The second-order valence-corrected chi connectivity index (χ2v) is 2.68. The van der Waals surface area contributed by atoms with E-state index >= 15 is 0 Å². The number of hydrogen-bond acceptors (Lipinski definition) is 2. The first kappa shape index (κ1) is 6.49. The average Bonchev–Trinajstić information content (AvgIpc) is 2.37. The highest BCUT2D eigenvalue weighted by atomic mass is 32.1. The molecule has 2 heteroatoms. The maximum absolute atomic E-state index is 10.1. The van der Waals surface area contributed by atoms with E-state index in [1.54, 1.807) is 11.3 Å². The first-order chi connectivity index (χ1) is 4.34. The Morgan fingerprint density at radius 2 is 2.56 bits per heavy atom. The van der Waals surface area contributed by atoms with Gasteiger partial charge in [-0.3, -0.25) is 4.79 Å². The molecule has 1 unspecified atom stereocenters. The van der Waals surface area contributed by atoms with Gasteiger partial charge in [-0.25, -0.2) is 0 Å². The lowest BCUT2D eigenvalue weighted by Gasteiger charge is -1.93. The second-order valence-electron chi connectivity index (χ2n) is 1.90. The van der Waals surface area contributed by atoms with Crippen LogP contribution < -0.4 is 0 Å². The van der Waals surface area contributed by atoms with E-state index in [1.165, 1.54) is 0 Å². The van der Waals surface area contributed by atoms with Crippen LogP contribution >= 0.6 is 11.3 Å². The highest BCUT2D eigenvalue weighted by Gasteiger charge is 2.02. The molecule has 0 aliphatic carbocycles. The number of hydrogen-bond donors (Lipinski definition) is 0. The van der Waals surface area contributed by atoms with Crippen LogP contribution in [0, 0.1) is 0 Å². The van der Waals surface area contributed by atoms with Crippen LogP contribution in [0.1, 0.15) is 18.4 Å². The largest absolute Gasteiger partial charge is 0.290 e. The molecule has 1 radical (unpaired) electrons. The van der Waals surface area contributed by atoms with Crippen molar-refractivity contribution in [2.75, 3.05) is 0 Å². The number of thiophene rings is 1. The molecule has 1 nitrogen and oxygen atoms in total. The fourth-order valence-corrected chi connectivity index (χ4v) is 1.34. The van der Waals surface area contributed by atoms with Gasteiger partial charge in [0.05, 0.1) is 0 Å². The Bertz CT molecular complexity index is 179. The zero-order valence-corrected chi connectivity index (χ0v) is 5.94. The van der Waals surface area contributed by atoms with Crippen molar-refractivity contribution in [1.82, 2.24) is 0 Å². The summed E-state index contributed by atoms with van der Waals surface area (Å²) in [6, 6.07) is 1.94. The van der Waals surface area contributed by atoms with Gasteiger partial charge in [0.25, 0.3) is 0 Å². The Labute approximate surface area is 58.3 Å². The van der Waals surface area contributed by atoms with Crippen LogP contribution in [0.5, 0.6) is 0 Å². The molecule has 47 valence electrons. The average molecular weight is 139 g/mol. The van der Waals surface area contributed by atoms with Gasteiger partial charge in [0.15, 0.2) is 0 Å². The van der Waals surface area contributed by atoms with E-state index in [-0.39, 0.29) is 5.92 Å². The molecule has 9 heavy (non-hydrogen) atoms. The van der Waals surface area contributed by atoms with Gasteiger partial charge in [-0.2, -0.15) is 11.3 Å². The molecule has 0 aliphatic rings. The molecule has 0 aromatic carbocycles. The lowest BCUT2D eigenvalue weighted by molar-refractivity contribution is 0.546. The molecule has 1 heterocycles. The molecule has 1 aromatic heterocycles. The van der Waals surface area contributed by atoms with Crippen molar-refractivity contribution in [1.29, 1.82) is 0 Å². The standard InChI is InChI=1S/C7H7OS/c1-6(4-8)7-2-3-9-5-7/h2-3,5-6H,1H3. The van der Waals surface area contributed by atoms with Crippen molar-refractivity contribution in [3.05, 3.63) is 22.4 Å². The minimum Gasteiger partial charge on any atom is -0.290 e. The van der Waals surface area contributed by atoms with Gasteiger partial charge < -0.3 is 0 Å². The van der Waals surface area contributed by atoms with Gasteiger partial charge in [0.1, 0.15) is 0 Å². The second kappa shape index (κ2) is 2.78. The SMILES string of the molecule is CC([C]=O)c1ccsc1. The maximum atomic E-state index is 10.1. The molecule has 0 fully saturated rings. The fourth-order valence-electron chi connectivity index (χ4n) is 0.589. The van der Waals surface area contributed by atoms with E-state index in [4.69, 9.17) is 0 Å². The zero-order valence-electron chi connectivity index (χ0n) is 5.13. The predicted octanol–water partition coefficient (Wildman–Crippen LogP) is 1.96. The molecule has 0 bridgehead atoms. The molecular weight excluding hydrogens is 132 g/mol. The Morgan fingerprint density at radius 1 is 1.78 bits per heavy atom. The molecule has 1 rings (SSSR count). The molecule has 0 spiro atoms. The van der Waals surface area contributed by atoms with E-state index in [2.05, 4.69) is 0 Å². The third kappa shape index (κ3) is 1.39. The summed E-state index contributed by atoms with van der Waals surface area (Å²) >= 11 is 1.60. The van der Waals surface area contributed by atoms with E-state index in [0.717, 1.165) is 5.56 Å². The first-order valence-corrected chi connectivity index (χ1v) is 3.68. The van der Waals surface area contributed by atoms with E-state index in [1.807, 2.05) is 30.0 Å². The Kier molecular flexibility index (Phi) is 2.01. The van der Waals surface area contributed by atoms with Gasteiger partial charge >= 0.3 is 0 Å². The lowest BCUT2D eigenvalue weighted by Crippen LogP contribution is -1.89. The quantitative estimate of drug-likeness (QED) is 0.612. The molecule has 0 saturated heterocycles. The third-order valence-corrected chi connectivity index (χ3v) is 1.92. The normalized spacial score (nSPS) is 13.0. The molecule has 0 saturated carbocycles. The maximum Gasteiger partial charge on any atom is 0.206 e. The van der Waals surface area contributed by atoms with Gasteiger partial charge in [-0.1, -0.05) is 6.92 Å². The molecule has 0 N–H and O–H groups in total. The predicted molar refractivity (Wildman–Crippen MR) is 38.4 cm³/mol. The highest BCUT2D eigenvalue weighted by molar-refractivity contribution is 7.08. The summed E-state index contributed by atoms with van der Waals surface area (Å²) in [4.78, 5) is 10.1. The first-order valence-electron chi connectivity index (χ1n) is 2.74. The molecule has 1 aromatic rings. The number of carbonyl (C=O) groups excluding carboxylic acids is 1. The van der Waals surface area contributed by atoms with Crippen LogP contribution in [0.2, 0.25) is 0 Å². The van der Waals surface area contributed by atoms with Crippen LogP contribution in [0.15, 0.2) is 16.8 Å². The van der Waals surface area contributed by atoms with Crippen molar-refractivity contribution in [3.8, 4) is 0 Å². The summed E-state index contributed by atoms with van der Waals surface area (Å²) in [5, 5.41) is 3.93. The number of rotatable bonds is 2. The highest BCUT2D eigenvalue weighted by Crippen LogP contribution is 2.15. The summed E-state index contributed by atoms with van der Waals surface area (Å²) in [5.41, 5.74) is 1.06. The van der Waals surface area contributed by atoms with Gasteiger partial charge in [-0.05, 0) is 22.4 Å². The van der Waals surface area contributed by atoms with Crippen molar-refractivity contribution < 1.29 is 4.79 Å². The van der Waals surface area contributed by atoms with Gasteiger partial charge in [0.2, 0.25) is 6.29 Å². The van der Waals surface area contributed by atoms with E-state index in [9.17, 15) is 4.79 Å². The summed E-state index contributed by atoms with van der Waals surface area (Å²) < 4.78 is 0. The van der Waals surface area contributed by atoms with Crippen LogP contribution in [-0.2, 0) is 4.79 Å². The summed E-state index contributed by atoms with van der Waals surface area (Å²) in [6.07, 6.45) is 1.92. The topological polar surface area (TPSA) is 17.1 Å². The molecule has 1 atom stereocenters. The Balaban J connectivity index is 2.76. The summed E-state index contributed by atoms with van der Waals surface area (Å²) in [6.45, 7) is 1.84. The van der Waals surface area contributed by atoms with E-state index in [0.29, 0.717) is 0 Å². The molecule has 0 aliphatic heterocycles. The van der Waals surface area contributed by atoms with E-state index < -0.39 is 0 Å². The van der Waals surface area contributed by atoms with Gasteiger partial charge in [0, 0.05) is 5.92 Å². The van der Waals surface area contributed by atoms with Crippen molar-refractivity contribution in [3.63, 3.8) is 0 Å². The van der Waals surface area contributed by atoms with Crippen molar-refractivity contribution in [2.45, 2.75) is 12.8 Å². The molecule has 0 amide bonds. The molecular formula is C7H7OS. The van der Waals surface area contributed by atoms with Crippen molar-refractivity contribution in [2.24, 2.45) is 0 Å². The van der Waals surface area contributed by atoms with Crippen molar-refractivity contribution >= 4 is 17.6 Å². The smallest absolute Gasteiger partial charge is 0.206 e.